The summed E-state index contributed by atoms with van der Waals surface area (Å²) in [5.41, 5.74) is 46.1. The number of carbonyl (C=O) groups excluding carboxylic acids is 6. The van der Waals surface area contributed by atoms with Gasteiger partial charge in [0, 0.05) is 38.5 Å². The van der Waals surface area contributed by atoms with Crippen LogP contribution >= 0.6 is 0 Å². The number of nitrogens with two attached hydrogens (primary N) is 6. The minimum atomic E-state index is -0.717. The second-order valence-electron chi connectivity index (χ2n) is 31.8. The second kappa shape index (κ2) is 28.7. The van der Waals surface area contributed by atoms with Gasteiger partial charge in [-0.3, -0.25) is 28.8 Å². The van der Waals surface area contributed by atoms with Gasteiger partial charge in [-0.25, -0.2) is 0 Å². The Morgan fingerprint density at radius 1 is 0.229 bits per heavy atom. The lowest BCUT2D eigenvalue weighted by molar-refractivity contribution is -0.120. The van der Waals surface area contributed by atoms with Gasteiger partial charge in [-0.15, -0.1) is 0 Å². The van der Waals surface area contributed by atoms with Gasteiger partial charge in [-0.1, -0.05) is 197 Å². The first-order valence-corrected chi connectivity index (χ1v) is 32.7. The summed E-state index contributed by atoms with van der Waals surface area (Å²) in [7, 11) is 0. The number of hydrogen-bond donors (Lipinski definition) is 6. The van der Waals surface area contributed by atoms with Crippen LogP contribution in [0.4, 0.5) is 0 Å². The van der Waals surface area contributed by atoms with Gasteiger partial charge >= 0.3 is 0 Å². The summed E-state index contributed by atoms with van der Waals surface area (Å²) in [6.45, 7) is 34.8. The van der Waals surface area contributed by atoms with Crippen LogP contribution in [-0.4, -0.2) is 75.1 Å². The fourth-order valence-electron chi connectivity index (χ4n) is 11.9. The molecule has 6 aromatic rings. The predicted octanol–water partition coefficient (Wildman–Crippen LogP) is 10.5. The standard InChI is InChI=1S/C78H102N6O12/c1-73(2,3)55-25-43-19-45-27-56(74(4,5)6)29-47(68(45)92-38-62(80)86)21-49-31-58(76(10,11)12)33-51(70(49)94-40-64(82)88)23-53-35-60(78(16,17)18)36-54(72(53)96-42-66(84)90)24-52-34-59(77(13,14)15)32-50(71(52)95-41-65(83)89)22-48-30-57(75(7,8)9)28-46(69(48)93-39-63(81)87)20-44(26-55)67(43)91-37-61(79)85/h25-36H,19-24,37-42H2,1-18H3,(H2,79,85)(H2,80,86)(H2,81,87)(H2,82,88)(H2,83,89)(H2,84,90). The van der Waals surface area contributed by atoms with E-state index < -0.39 is 108 Å². The summed E-state index contributed by atoms with van der Waals surface area (Å²) < 4.78 is 40.1. The Morgan fingerprint density at radius 3 is 0.396 bits per heavy atom. The largest absolute Gasteiger partial charge is 0.483 e. The average Bonchev–Trinajstić information content (AvgIpc) is 0.772. The number of amides is 6. The zero-order valence-corrected chi connectivity index (χ0v) is 59.8. The van der Waals surface area contributed by atoms with Crippen LogP contribution in [0.5, 0.6) is 34.5 Å². The lowest BCUT2D eigenvalue weighted by atomic mass is 9.79. The Morgan fingerprint density at radius 2 is 0.323 bits per heavy atom. The summed E-state index contributed by atoms with van der Waals surface area (Å²) in [6.07, 6.45) is 0.713. The van der Waals surface area contributed by atoms with Crippen LogP contribution in [0, 0.1) is 0 Å². The number of fused-ring (bicyclic) bond motifs is 12. The maximum Gasteiger partial charge on any atom is 0.255 e. The molecule has 0 heterocycles. The van der Waals surface area contributed by atoms with Crippen molar-refractivity contribution in [1.82, 2.24) is 0 Å². The molecule has 7 rings (SSSR count). The average molecular weight is 1320 g/mol. The molecular weight excluding hydrogens is 1210 g/mol. The van der Waals surface area contributed by atoms with Gasteiger partial charge in [0.25, 0.3) is 35.4 Å². The molecule has 0 aliphatic heterocycles. The van der Waals surface area contributed by atoms with E-state index in [4.69, 9.17) is 62.8 Å². The highest BCUT2D eigenvalue weighted by molar-refractivity contribution is 5.78. The third-order valence-corrected chi connectivity index (χ3v) is 17.1. The summed E-state index contributed by atoms with van der Waals surface area (Å²) >= 11 is 0. The maximum atomic E-state index is 13.0. The SMILES string of the molecule is CC(C)(C)c1cc2c(OCC(N)=O)c(c1)Cc1cc(C(C)(C)C)cc(c1OCC(N)=O)Cc1cc(C(C)(C)C)cc(c1OCC(N)=O)Cc1cc(C(C)(C)C)cc(c1OCC(N)=O)Cc1cc(C(C)(C)C)cc(c1OCC(N)=O)Cc1cc(C(C)(C)C)cc(c1OCC(N)=O)C2. The lowest BCUT2D eigenvalue weighted by Crippen LogP contribution is -2.23. The first-order chi connectivity index (χ1) is 44.3. The van der Waals surface area contributed by atoms with Crippen LogP contribution in [0.1, 0.15) is 225 Å². The summed E-state index contributed by atoms with van der Waals surface area (Å²) in [6, 6.07) is 24.6. The van der Waals surface area contributed by atoms with Gasteiger partial charge in [0.05, 0.1) is 0 Å². The first kappa shape index (κ1) is 74.3. The Kier molecular flexibility index (Phi) is 22.2. The number of primary amides is 6. The van der Waals surface area contributed by atoms with Crippen LogP contribution in [0.3, 0.4) is 0 Å². The molecule has 1 aliphatic rings. The molecule has 6 aromatic carbocycles. The molecule has 0 atom stereocenters. The van der Waals surface area contributed by atoms with E-state index in [1.165, 1.54) is 0 Å². The van der Waals surface area contributed by atoms with Crippen molar-refractivity contribution in [2.24, 2.45) is 34.4 Å². The van der Waals surface area contributed by atoms with Crippen molar-refractivity contribution in [1.29, 1.82) is 0 Å². The van der Waals surface area contributed by atoms with Crippen LogP contribution < -0.4 is 62.8 Å². The molecule has 12 bridgehead atoms. The predicted molar refractivity (Wildman–Crippen MR) is 376 cm³/mol. The van der Waals surface area contributed by atoms with Gasteiger partial charge in [0.1, 0.15) is 34.5 Å². The number of ether oxygens (including phenoxy) is 6. The highest BCUT2D eigenvalue weighted by Gasteiger charge is 2.32. The summed E-state index contributed by atoms with van der Waals surface area (Å²) in [4.78, 5) is 78.3. The second-order valence-corrected chi connectivity index (χ2v) is 31.8. The highest BCUT2D eigenvalue weighted by Crippen LogP contribution is 2.46. The molecule has 96 heavy (non-hydrogen) atoms. The van der Waals surface area contributed by atoms with E-state index >= 15 is 0 Å². The molecule has 18 heteroatoms. The van der Waals surface area contributed by atoms with Crippen LogP contribution in [-0.2, 0) is 99.8 Å². The number of carbonyl (C=O) groups is 6. The fraction of sp³-hybridized carbons (Fsp3) is 0.462. The minimum Gasteiger partial charge on any atom is -0.483 e. The first-order valence-electron chi connectivity index (χ1n) is 32.7. The quantitative estimate of drug-likeness (QED) is 0.0467. The number of rotatable bonds is 18. The van der Waals surface area contributed by atoms with Crippen molar-refractivity contribution in [2.45, 2.75) is 196 Å². The van der Waals surface area contributed by atoms with Crippen molar-refractivity contribution in [2.75, 3.05) is 39.6 Å². The molecular formula is C78H102N6O12. The molecule has 6 amide bonds. The van der Waals surface area contributed by atoms with Gasteiger partial charge in [-0.2, -0.15) is 0 Å². The van der Waals surface area contributed by atoms with E-state index in [0.29, 0.717) is 101 Å². The molecule has 0 unspecified atom stereocenters. The molecule has 0 saturated carbocycles. The van der Waals surface area contributed by atoms with Gasteiger partial charge in [0.15, 0.2) is 39.6 Å². The minimum absolute atomic E-state index is 0.119. The number of hydrogen-bond acceptors (Lipinski definition) is 12. The highest BCUT2D eigenvalue weighted by atomic mass is 16.5. The van der Waals surface area contributed by atoms with Crippen molar-refractivity contribution < 1.29 is 57.2 Å². The zero-order valence-electron chi connectivity index (χ0n) is 59.8. The van der Waals surface area contributed by atoms with E-state index in [1.807, 2.05) is 0 Å². The molecule has 18 nitrogen and oxygen atoms in total. The fourth-order valence-corrected chi connectivity index (χ4v) is 11.9. The van der Waals surface area contributed by atoms with Crippen LogP contribution in [0.2, 0.25) is 0 Å². The summed E-state index contributed by atoms with van der Waals surface area (Å²) in [5, 5.41) is 0. The third kappa shape index (κ3) is 19.1. The molecule has 12 N–H and O–H groups in total. The molecule has 516 valence electrons. The van der Waals surface area contributed by atoms with Crippen molar-refractivity contribution in [3.63, 3.8) is 0 Å². The van der Waals surface area contributed by atoms with Crippen molar-refractivity contribution in [3.8, 4) is 34.5 Å². The van der Waals surface area contributed by atoms with E-state index in [2.05, 4.69) is 197 Å². The van der Waals surface area contributed by atoms with E-state index in [1.54, 1.807) is 0 Å². The summed E-state index contributed by atoms with van der Waals surface area (Å²) in [5.74, 6) is -2.17. The smallest absolute Gasteiger partial charge is 0.255 e. The Labute approximate surface area is 567 Å². The van der Waals surface area contributed by atoms with Crippen molar-refractivity contribution in [3.05, 3.63) is 173 Å². The van der Waals surface area contributed by atoms with Crippen LogP contribution in [0.15, 0.2) is 72.8 Å². The molecule has 0 saturated heterocycles. The zero-order chi connectivity index (χ0) is 71.5. The van der Waals surface area contributed by atoms with E-state index in [-0.39, 0.29) is 38.5 Å². The molecule has 0 fully saturated rings. The topological polar surface area (TPSA) is 314 Å². The maximum absolute atomic E-state index is 13.0. The van der Waals surface area contributed by atoms with Gasteiger partial charge < -0.3 is 62.8 Å². The van der Waals surface area contributed by atoms with E-state index in [0.717, 1.165) is 33.4 Å². The monoisotopic (exact) mass is 1310 g/mol. The Hall–Kier alpha value is -9.06. The Bertz CT molecular complexity index is 3190. The van der Waals surface area contributed by atoms with Crippen LogP contribution in [0.25, 0.3) is 0 Å². The molecule has 0 aromatic heterocycles. The Balaban J connectivity index is 1.78. The third-order valence-electron chi connectivity index (χ3n) is 17.1. The van der Waals surface area contributed by atoms with Crippen molar-refractivity contribution >= 4 is 35.4 Å². The van der Waals surface area contributed by atoms with Gasteiger partial charge in [-0.05, 0) is 133 Å². The van der Waals surface area contributed by atoms with Gasteiger partial charge in [0.2, 0.25) is 0 Å². The molecule has 0 spiro atoms. The normalized spacial score (nSPS) is 13.2. The molecule has 0 radical (unpaired) electrons. The lowest BCUT2D eigenvalue weighted by Gasteiger charge is -2.29. The molecule has 1 aliphatic carbocycles. The van der Waals surface area contributed by atoms with E-state index in [9.17, 15) is 28.8 Å². The number of benzene rings is 6.